The smallest absolute Gasteiger partial charge is 0.208 e. The maximum atomic E-state index is 5.95. The standard InChI is InChI=1S/C17H25NO2/c1-18(16-9-3-2-4-10-16)11-17-19-12-14-7-5-6-8-15(14)13-20-17/h5-8,16-17H,2-4,9-13H2,1H3/p+1. The molecule has 0 spiro atoms. The number of nitrogens with one attached hydrogen (secondary N) is 1. The van der Waals surface area contributed by atoms with Crippen molar-refractivity contribution < 1.29 is 14.4 Å². The van der Waals surface area contributed by atoms with Gasteiger partial charge in [0.2, 0.25) is 6.29 Å². The summed E-state index contributed by atoms with van der Waals surface area (Å²) in [7, 11) is 2.29. The first-order chi connectivity index (χ1) is 9.83. The first kappa shape index (κ1) is 14.1. The van der Waals surface area contributed by atoms with E-state index >= 15 is 0 Å². The summed E-state index contributed by atoms with van der Waals surface area (Å²) in [6.07, 6.45) is 6.84. The van der Waals surface area contributed by atoms with Crippen LogP contribution in [0.15, 0.2) is 24.3 Å². The largest absolute Gasteiger partial charge is 0.343 e. The Kier molecular flexibility index (Phi) is 4.71. The number of fused-ring (bicyclic) bond motifs is 1. The monoisotopic (exact) mass is 276 g/mol. The number of likely N-dealkylation sites (N-methyl/N-ethyl adjacent to an activating group) is 1. The van der Waals surface area contributed by atoms with E-state index in [-0.39, 0.29) is 6.29 Å². The fourth-order valence-corrected chi connectivity index (χ4v) is 3.40. The Hall–Kier alpha value is -0.900. The molecule has 1 heterocycles. The van der Waals surface area contributed by atoms with E-state index in [0.29, 0.717) is 13.2 Å². The molecule has 3 rings (SSSR count). The summed E-state index contributed by atoms with van der Waals surface area (Å²) in [6.45, 7) is 2.32. The molecule has 1 fully saturated rings. The molecular formula is C17H26NO2+. The summed E-state index contributed by atoms with van der Waals surface area (Å²) in [6, 6.07) is 9.21. The lowest BCUT2D eigenvalue weighted by Crippen LogP contribution is -3.14. The van der Waals surface area contributed by atoms with Gasteiger partial charge in [-0.2, -0.15) is 0 Å². The van der Waals surface area contributed by atoms with Gasteiger partial charge in [0.1, 0.15) is 6.54 Å². The molecule has 3 heteroatoms. The van der Waals surface area contributed by atoms with E-state index in [2.05, 4.69) is 31.3 Å². The normalized spacial score (nSPS) is 23.1. The van der Waals surface area contributed by atoms with Gasteiger partial charge in [0.25, 0.3) is 0 Å². The zero-order valence-corrected chi connectivity index (χ0v) is 12.4. The Labute approximate surface area is 121 Å². The van der Waals surface area contributed by atoms with Gasteiger partial charge in [-0.05, 0) is 36.8 Å². The Balaban J connectivity index is 1.54. The molecule has 1 aromatic rings. The summed E-state index contributed by atoms with van der Waals surface area (Å²) in [5.41, 5.74) is 2.54. The van der Waals surface area contributed by atoms with Gasteiger partial charge in [0.15, 0.2) is 0 Å². The number of rotatable bonds is 3. The highest BCUT2D eigenvalue weighted by Crippen LogP contribution is 2.18. The molecule has 1 atom stereocenters. The number of ether oxygens (including phenoxy) is 2. The molecule has 3 nitrogen and oxygen atoms in total. The second kappa shape index (κ2) is 6.70. The van der Waals surface area contributed by atoms with Gasteiger partial charge >= 0.3 is 0 Å². The average Bonchev–Trinajstić information content (AvgIpc) is 2.71. The van der Waals surface area contributed by atoms with E-state index in [0.717, 1.165) is 12.6 Å². The molecule has 0 aromatic heterocycles. The van der Waals surface area contributed by atoms with Crippen molar-refractivity contribution in [2.45, 2.75) is 57.6 Å². The third-order valence-corrected chi connectivity index (χ3v) is 4.76. The van der Waals surface area contributed by atoms with Gasteiger partial charge in [-0.1, -0.05) is 30.7 Å². The lowest BCUT2D eigenvalue weighted by Gasteiger charge is -2.30. The predicted octanol–water partition coefficient (Wildman–Crippen LogP) is 1.91. The van der Waals surface area contributed by atoms with Crippen LogP contribution in [-0.2, 0) is 22.7 Å². The quantitative estimate of drug-likeness (QED) is 0.911. The van der Waals surface area contributed by atoms with Crippen LogP contribution < -0.4 is 4.90 Å². The van der Waals surface area contributed by atoms with Crippen molar-refractivity contribution in [1.29, 1.82) is 0 Å². The van der Waals surface area contributed by atoms with Crippen LogP contribution in [0.25, 0.3) is 0 Å². The molecule has 1 aliphatic heterocycles. The maximum Gasteiger partial charge on any atom is 0.208 e. The van der Waals surface area contributed by atoms with Crippen LogP contribution in [0.4, 0.5) is 0 Å². The Morgan fingerprint density at radius 1 is 1.00 bits per heavy atom. The zero-order valence-electron chi connectivity index (χ0n) is 12.4. The minimum Gasteiger partial charge on any atom is -0.343 e. The van der Waals surface area contributed by atoms with Gasteiger partial charge in [0.05, 0.1) is 26.3 Å². The van der Waals surface area contributed by atoms with Crippen LogP contribution in [0.1, 0.15) is 43.2 Å². The summed E-state index contributed by atoms with van der Waals surface area (Å²) in [5.74, 6) is 0. The van der Waals surface area contributed by atoms with Crippen LogP contribution in [0.5, 0.6) is 0 Å². The molecule has 0 amide bonds. The SMILES string of the molecule is C[NH+](CC1OCc2ccccc2CO1)C1CCCCC1. The van der Waals surface area contributed by atoms with Crippen LogP contribution in [-0.4, -0.2) is 25.9 Å². The van der Waals surface area contributed by atoms with Crippen molar-refractivity contribution in [3.8, 4) is 0 Å². The summed E-state index contributed by atoms with van der Waals surface area (Å²) in [5, 5.41) is 0. The van der Waals surface area contributed by atoms with Gasteiger partial charge in [-0.25, -0.2) is 0 Å². The minimum absolute atomic E-state index is 0.0654. The van der Waals surface area contributed by atoms with Gasteiger partial charge < -0.3 is 14.4 Å². The van der Waals surface area contributed by atoms with E-state index in [4.69, 9.17) is 9.47 Å². The molecule has 1 saturated carbocycles. The van der Waals surface area contributed by atoms with Crippen molar-refractivity contribution in [3.05, 3.63) is 35.4 Å². The summed E-state index contributed by atoms with van der Waals surface area (Å²) < 4.78 is 11.9. The maximum absolute atomic E-state index is 5.95. The first-order valence-electron chi connectivity index (χ1n) is 7.95. The van der Waals surface area contributed by atoms with Crippen molar-refractivity contribution in [1.82, 2.24) is 0 Å². The molecular weight excluding hydrogens is 250 g/mol. The predicted molar refractivity (Wildman–Crippen MR) is 78.4 cm³/mol. The molecule has 0 bridgehead atoms. The molecule has 2 aliphatic rings. The van der Waals surface area contributed by atoms with E-state index in [1.807, 2.05) is 0 Å². The molecule has 1 aliphatic carbocycles. The van der Waals surface area contributed by atoms with Gasteiger partial charge in [-0.3, -0.25) is 0 Å². The second-order valence-corrected chi connectivity index (χ2v) is 6.21. The first-order valence-corrected chi connectivity index (χ1v) is 7.95. The lowest BCUT2D eigenvalue weighted by atomic mass is 9.94. The Bertz CT molecular complexity index is 402. The number of quaternary nitrogens is 1. The highest BCUT2D eigenvalue weighted by atomic mass is 16.7. The molecule has 1 unspecified atom stereocenters. The number of hydrogen-bond acceptors (Lipinski definition) is 2. The molecule has 0 radical (unpaired) electrons. The summed E-state index contributed by atoms with van der Waals surface area (Å²) >= 11 is 0. The van der Waals surface area contributed by atoms with Gasteiger partial charge in [0, 0.05) is 0 Å². The van der Waals surface area contributed by atoms with Crippen LogP contribution >= 0.6 is 0 Å². The van der Waals surface area contributed by atoms with Crippen molar-refractivity contribution in [2.75, 3.05) is 13.6 Å². The van der Waals surface area contributed by atoms with Crippen LogP contribution in [0.3, 0.4) is 0 Å². The van der Waals surface area contributed by atoms with E-state index in [9.17, 15) is 0 Å². The van der Waals surface area contributed by atoms with Crippen molar-refractivity contribution >= 4 is 0 Å². The molecule has 0 saturated heterocycles. The molecule has 1 N–H and O–H groups in total. The van der Waals surface area contributed by atoms with E-state index < -0.39 is 0 Å². The van der Waals surface area contributed by atoms with E-state index in [1.165, 1.54) is 43.2 Å². The van der Waals surface area contributed by atoms with Gasteiger partial charge in [-0.15, -0.1) is 0 Å². The van der Waals surface area contributed by atoms with Crippen molar-refractivity contribution in [3.63, 3.8) is 0 Å². The highest BCUT2D eigenvalue weighted by Gasteiger charge is 2.26. The number of benzene rings is 1. The minimum atomic E-state index is -0.0654. The zero-order chi connectivity index (χ0) is 13.8. The van der Waals surface area contributed by atoms with E-state index in [1.54, 1.807) is 4.90 Å². The fourth-order valence-electron chi connectivity index (χ4n) is 3.40. The molecule has 1 aromatic carbocycles. The second-order valence-electron chi connectivity index (χ2n) is 6.21. The highest BCUT2D eigenvalue weighted by molar-refractivity contribution is 5.26. The fraction of sp³-hybridized carbons (Fsp3) is 0.647. The third-order valence-electron chi connectivity index (χ3n) is 4.76. The number of hydrogen-bond donors (Lipinski definition) is 1. The third kappa shape index (κ3) is 3.40. The average molecular weight is 276 g/mol. The lowest BCUT2D eigenvalue weighted by molar-refractivity contribution is -0.913. The van der Waals surface area contributed by atoms with Crippen LogP contribution in [0, 0.1) is 0 Å². The summed E-state index contributed by atoms with van der Waals surface area (Å²) in [4.78, 5) is 1.57. The Morgan fingerprint density at radius 2 is 1.60 bits per heavy atom. The van der Waals surface area contributed by atoms with Crippen LogP contribution in [0.2, 0.25) is 0 Å². The van der Waals surface area contributed by atoms with Crippen molar-refractivity contribution in [2.24, 2.45) is 0 Å². The molecule has 110 valence electrons. The topological polar surface area (TPSA) is 22.9 Å². The molecule has 20 heavy (non-hydrogen) atoms. The Morgan fingerprint density at radius 3 is 2.20 bits per heavy atom.